The van der Waals surface area contributed by atoms with E-state index in [4.69, 9.17) is 14.2 Å². The number of carboxylic acids is 1. The third-order valence-electron chi connectivity index (χ3n) is 12.9. The van der Waals surface area contributed by atoms with Gasteiger partial charge in [0.2, 0.25) is 0 Å². The molecule has 0 radical (unpaired) electrons. The van der Waals surface area contributed by atoms with E-state index in [0.29, 0.717) is 24.8 Å². The van der Waals surface area contributed by atoms with Crippen LogP contribution in [0, 0.1) is 13.8 Å². The lowest BCUT2D eigenvalue weighted by atomic mass is 9.69. The van der Waals surface area contributed by atoms with Crippen LogP contribution in [-0.4, -0.2) is 22.3 Å². The number of carboxylic acid groups (broad SMARTS) is 1. The number of hydrogen-bond acceptors (Lipinski definition) is 5. The topological polar surface area (TPSA) is 93.1 Å². The summed E-state index contributed by atoms with van der Waals surface area (Å²) in [5.74, 6) is 0.936. The monoisotopic (exact) mass is 762 g/mol. The zero-order valence-electron chi connectivity index (χ0n) is 34.2. The molecule has 54 heavy (non-hydrogen) atoms. The fraction of sp³-hybridized carbons (Fsp3) is 0.681. The van der Waals surface area contributed by atoms with Gasteiger partial charge in [0.15, 0.2) is 0 Å². The molecule has 1 heterocycles. The van der Waals surface area contributed by atoms with Gasteiger partial charge in [0.25, 0.3) is 0 Å². The first-order chi connectivity index (χ1) is 25.9. The fourth-order valence-electron chi connectivity index (χ4n) is 9.47. The molecule has 0 amide bonds. The summed E-state index contributed by atoms with van der Waals surface area (Å²) in [6.45, 7) is 8.85. The van der Waals surface area contributed by atoms with Crippen molar-refractivity contribution in [3.05, 3.63) is 63.7 Å². The Labute approximate surface area is 327 Å². The summed E-state index contributed by atoms with van der Waals surface area (Å²) in [7, 11) is -3.65. The summed E-state index contributed by atoms with van der Waals surface area (Å²) < 4.78 is 29.0. The average molecular weight is 763 g/mol. The van der Waals surface area contributed by atoms with Crippen molar-refractivity contribution in [2.45, 2.75) is 199 Å². The Morgan fingerprint density at radius 3 is 1.78 bits per heavy atom. The number of aryl methyl sites for hydroxylation is 2. The van der Waals surface area contributed by atoms with Crippen LogP contribution in [0.4, 0.5) is 0 Å². The summed E-state index contributed by atoms with van der Waals surface area (Å²) >= 11 is 0. The Morgan fingerprint density at radius 1 is 0.704 bits per heavy atom. The number of benzene rings is 2. The first-order valence-electron chi connectivity index (χ1n) is 21.8. The summed E-state index contributed by atoms with van der Waals surface area (Å²) in [4.78, 5) is 10.6. The van der Waals surface area contributed by atoms with Crippen LogP contribution in [0.2, 0.25) is 0 Å². The van der Waals surface area contributed by atoms with Crippen molar-refractivity contribution in [3.8, 4) is 17.2 Å². The minimum absolute atomic E-state index is 0.0453. The van der Waals surface area contributed by atoms with Gasteiger partial charge in [-0.1, -0.05) is 127 Å². The van der Waals surface area contributed by atoms with Gasteiger partial charge in [-0.25, -0.2) is 4.57 Å². The number of phenols is 1. The molecule has 1 atom stereocenters. The van der Waals surface area contributed by atoms with Gasteiger partial charge in [-0.3, -0.25) is 4.79 Å². The van der Waals surface area contributed by atoms with Crippen LogP contribution in [0.1, 0.15) is 201 Å². The molecule has 0 saturated heterocycles. The molecule has 2 fully saturated rings. The Balaban J connectivity index is 1.25. The average Bonchev–Trinajstić information content (AvgIpc) is 3.13. The fourth-order valence-corrected chi connectivity index (χ4v) is 11.3. The van der Waals surface area contributed by atoms with Crippen LogP contribution in [0.5, 0.6) is 17.2 Å². The first kappa shape index (κ1) is 42.4. The van der Waals surface area contributed by atoms with Gasteiger partial charge in [0, 0.05) is 29.5 Å². The molecule has 2 aromatic rings. The number of fused-ring (bicyclic) bond motifs is 2. The number of rotatable bonds is 19. The summed E-state index contributed by atoms with van der Waals surface area (Å²) in [6, 6.07) is 6.57. The second-order valence-corrected chi connectivity index (χ2v) is 19.8. The van der Waals surface area contributed by atoms with Crippen molar-refractivity contribution in [1.82, 2.24) is 0 Å². The maximum atomic E-state index is 15.3. The van der Waals surface area contributed by atoms with E-state index in [1.54, 1.807) is 0 Å². The van der Waals surface area contributed by atoms with E-state index in [1.807, 2.05) is 6.92 Å². The Morgan fingerprint density at radius 2 is 1.20 bits per heavy atom. The zero-order chi connectivity index (χ0) is 38.6. The predicted octanol–water partition coefficient (Wildman–Crippen LogP) is 14.1. The molecule has 2 saturated carbocycles. The number of phenolic OH excluding ortho intramolecular Hbond substituents is 1. The second-order valence-electron chi connectivity index (χ2n) is 17.7. The third-order valence-corrected chi connectivity index (χ3v) is 14.7. The van der Waals surface area contributed by atoms with Gasteiger partial charge in [-0.05, 0) is 106 Å². The highest BCUT2D eigenvalue weighted by molar-refractivity contribution is 7.54. The molecule has 6 nitrogen and oxygen atoms in total. The standard InChI is InChI=1S/C47H71O6P/c1-36-32-38-35-39-43(50)37(2)34-41(47(4)29-23-19-24-30-47)45(39)53-54(51,52-44(38)40(33-36)46(3)27-21-18-22-28-46)31-25-17-15-13-11-9-7-5-6-8-10-12-14-16-20-26-42(48)49/h5-6,32-34,50H,7-31,35H2,1-4H3,(H,48,49)/b6-5-. The van der Waals surface area contributed by atoms with E-state index in [2.05, 4.69) is 51.1 Å². The van der Waals surface area contributed by atoms with E-state index in [9.17, 15) is 9.90 Å². The van der Waals surface area contributed by atoms with Gasteiger partial charge >= 0.3 is 13.6 Å². The summed E-state index contributed by atoms with van der Waals surface area (Å²) in [6.07, 6.45) is 31.2. The van der Waals surface area contributed by atoms with Crippen molar-refractivity contribution in [3.63, 3.8) is 0 Å². The highest BCUT2D eigenvalue weighted by atomic mass is 31.2. The second kappa shape index (κ2) is 19.9. The van der Waals surface area contributed by atoms with Gasteiger partial charge < -0.3 is 19.3 Å². The van der Waals surface area contributed by atoms with Gasteiger partial charge in [0.1, 0.15) is 17.2 Å². The molecule has 1 aliphatic heterocycles. The Kier molecular flexibility index (Phi) is 15.7. The number of allylic oxidation sites excluding steroid dienone is 2. The molecule has 3 aliphatic rings. The molecule has 0 aromatic heterocycles. The molecule has 2 aromatic carbocycles. The minimum atomic E-state index is -3.65. The lowest BCUT2D eigenvalue weighted by molar-refractivity contribution is -0.137. The van der Waals surface area contributed by atoms with Crippen LogP contribution in [0.15, 0.2) is 30.4 Å². The molecule has 2 N–H and O–H groups in total. The number of hydrogen-bond donors (Lipinski definition) is 2. The van der Waals surface area contributed by atoms with Gasteiger partial charge in [0.05, 0.1) is 6.16 Å². The predicted molar refractivity (Wildman–Crippen MR) is 223 cm³/mol. The lowest BCUT2D eigenvalue weighted by Crippen LogP contribution is -2.28. The first-order valence-corrected chi connectivity index (χ1v) is 23.5. The van der Waals surface area contributed by atoms with Gasteiger partial charge in [-0.15, -0.1) is 0 Å². The highest BCUT2D eigenvalue weighted by Crippen LogP contribution is 2.59. The van der Waals surface area contributed by atoms with Crippen molar-refractivity contribution in [2.75, 3.05) is 6.16 Å². The zero-order valence-corrected chi connectivity index (χ0v) is 35.1. The molecule has 300 valence electrons. The van der Waals surface area contributed by atoms with Crippen molar-refractivity contribution in [2.24, 2.45) is 0 Å². The highest BCUT2D eigenvalue weighted by Gasteiger charge is 2.42. The number of unbranched alkanes of at least 4 members (excludes halogenated alkanes) is 11. The Hall–Kier alpha value is -2.72. The van der Waals surface area contributed by atoms with Crippen LogP contribution >= 0.6 is 7.60 Å². The number of carbonyl (C=O) groups is 1. The van der Waals surface area contributed by atoms with Crippen LogP contribution in [0.25, 0.3) is 0 Å². The molecule has 0 spiro atoms. The maximum Gasteiger partial charge on any atom is 0.430 e. The normalized spacial score (nSPS) is 20.7. The summed E-state index contributed by atoms with van der Waals surface area (Å²) in [5, 5.41) is 20.5. The molecule has 0 bridgehead atoms. The lowest BCUT2D eigenvalue weighted by Gasteiger charge is -2.39. The van der Waals surface area contributed by atoms with E-state index in [1.165, 1.54) is 76.2 Å². The quantitative estimate of drug-likeness (QED) is 0.0841. The third kappa shape index (κ3) is 11.4. The van der Waals surface area contributed by atoms with Crippen LogP contribution in [0.3, 0.4) is 0 Å². The number of aromatic hydroxyl groups is 1. The molecular weight excluding hydrogens is 691 g/mol. The van der Waals surface area contributed by atoms with E-state index in [-0.39, 0.29) is 16.6 Å². The molecule has 7 heteroatoms. The van der Waals surface area contributed by atoms with Crippen LogP contribution < -0.4 is 9.05 Å². The van der Waals surface area contributed by atoms with Crippen LogP contribution in [-0.2, 0) is 26.6 Å². The maximum absolute atomic E-state index is 15.3. The van der Waals surface area contributed by atoms with E-state index < -0.39 is 13.6 Å². The smallest absolute Gasteiger partial charge is 0.430 e. The SMILES string of the molecule is Cc1cc2c(c(C3(C)CCCCC3)c1)OP(=O)(CCCCCCCC/C=C\CCCCCCCC(=O)O)Oc1c(C3(C)CCCCC3)cc(C)c(O)c1C2. The van der Waals surface area contributed by atoms with E-state index in [0.717, 1.165) is 111 Å². The minimum Gasteiger partial charge on any atom is -0.507 e. The molecule has 2 aliphatic carbocycles. The molecule has 1 unspecified atom stereocenters. The number of aliphatic carboxylic acids is 1. The van der Waals surface area contributed by atoms with Crippen molar-refractivity contribution >= 4 is 13.6 Å². The Bertz CT molecular complexity index is 1610. The molecular formula is C47H71O6P. The van der Waals surface area contributed by atoms with E-state index >= 15 is 4.57 Å². The van der Waals surface area contributed by atoms with Crippen molar-refractivity contribution in [1.29, 1.82) is 0 Å². The molecule has 5 rings (SSSR count). The van der Waals surface area contributed by atoms with Crippen molar-refractivity contribution < 1.29 is 28.6 Å². The summed E-state index contributed by atoms with van der Waals surface area (Å²) in [5.41, 5.74) is 5.95. The largest absolute Gasteiger partial charge is 0.507 e. The van der Waals surface area contributed by atoms with Gasteiger partial charge in [-0.2, -0.15) is 0 Å².